The number of para-hydroxylation sites is 1. The van der Waals surface area contributed by atoms with Crippen molar-refractivity contribution in [1.82, 2.24) is 4.98 Å². The molecule has 29 heavy (non-hydrogen) atoms. The minimum absolute atomic E-state index is 0.0107. The van der Waals surface area contributed by atoms with Crippen LogP contribution in [-0.2, 0) is 0 Å². The molecule has 6 nitrogen and oxygen atoms in total. The number of pyridine rings is 1. The zero-order valence-corrected chi connectivity index (χ0v) is 17.2. The number of hydrogen-bond donors (Lipinski definition) is 2. The molecule has 0 aliphatic carbocycles. The molecular weight excluding hydrogens is 479 g/mol. The van der Waals surface area contributed by atoms with Crippen LogP contribution in [0.2, 0.25) is 0 Å². The molecule has 3 aromatic rings. The van der Waals surface area contributed by atoms with Crippen molar-refractivity contribution in [2.75, 3.05) is 0 Å². The summed E-state index contributed by atoms with van der Waals surface area (Å²) in [6.07, 6.45) is 4.96. The Morgan fingerprint density at radius 3 is 2.79 bits per heavy atom. The highest BCUT2D eigenvalue weighted by Crippen LogP contribution is 2.44. The maximum atomic E-state index is 10.5. The number of benzene rings is 2. The molecule has 4 rings (SSSR count). The number of nitrogens with two attached hydrogens (primary N) is 1. The smallest absolute Gasteiger partial charge is 0.205 e. The van der Waals surface area contributed by atoms with Crippen molar-refractivity contribution in [3.05, 3.63) is 92.6 Å². The quantitative estimate of drug-likeness (QED) is 0.416. The maximum absolute atomic E-state index is 10.5. The second kappa shape index (κ2) is 7.93. The van der Waals surface area contributed by atoms with Gasteiger partial charge in [0.2, 0.25) is 5.88 Å². The van der Waals surface area contributed by atoms with E-state index in [0.717, 1.165) is 14.8 Å². The van der Waals surface area contributed by atoms with Gasteiger partial charge >= 0.3 is 0 Å². The minimum Gasteiger partial charge on any atom is -0.507 e. The predicted molar refractivity (Wildman–Crippen MR) is 118 cm³/mol. The average Bonchev–Trinajstić information content (AvgIpc) is 2.73. The summed E-state index contributed by atoms with van der Waals surface area (Å²) in [5.74, 6) is -0.00792. The molecule has 0 fully saturated rings. The first-order valence-electron chi connectivity index (χ1n) is 8.71. The molecule has 142 valence electrons. The number of aliphatic imine (C=N–C) groups is 1. The molecule has 1 aromatic heterocycles. The Kier molecular flexibility index (Phi) is 5.18. The van der Waals surface area contributed by atoms with E-state index in [9.17, 15) is 10.4 Å². The van der Waals surface area contributed by atoms with Gasteiger partial charge in [0.15, 0.2) is 0 Å². The molecule has 0 amide bonds. The largest absolute Gasteiger partial charge is 0.507 e. The number of fused-ring (bicyclic) bond motifs is 1. The maximum Gasteiger partial charge on any atom is 0.205 e. The number of nitriles is 1. The second-order valence-electron chi connectivity index (χ2n) is 6.37. The van der Waals surface area contributed by atoms with Crippen LogP contribution < -0.4 is 10.5 Å². The first-order chi connectivity index (χ1) is 14.1. The summed E-state index contributed by atoms with van der Waals surface area (Å²) in [6, 6.07) is 16.8. The molecule has 1 aliphatic rings. The van der Waals surface area contributed by atoms with E-state index in [2.05, 4.69) is 38.6 Å². The van der Waals surface area contributed by atoms with Crippen molar-refractivity contribution in [3.8, 4) is 17.6 Å². The Labute approximate surface area is 181 Å². The number of ether oxygens (including phenoxy) is 1. The molecule has 1 atom stereocenters. The fourth-order valence-electron chi connectivity index (χ4n) is 3.20. The molecule has 1 unspecified atom stereocenters. The van der Waals surface area contributed by atoms with Gasteiger partial charge in [-0.15, -0.1) is 0 Å². The van der Waals surface area contributed by atoms with Crippen molar-refractivity contribution in [2.45, 2.75) is 5.92 Å². The lowest BCUT2D eigenvalue weighted by atomic mass is 9.83. The molecule has 1 aliphatic heterocycles. The number of phenols is 1. The van der Waals surface area contributed by atoms with Gasteiger partial charge in [0.05, 0.1) is 11.6 Å². The van der Waals surface area contributed by atoms with Gasteiger partial charge in [-0.25, -0.2) is 0 Å². The lowest BCUT2D eigenvalue weighted by Gasteiger charge is -2.26. The van der Waals surface area contributed by atoms with Gasteiger partial charge in [-0.3, -0.25) is 9.98 Å². The molecule has 2 aromatic carbocycles. The third-order valence-electron chi connectivity index (χ3n) is 4.58. The molecule has 3 N–H and O–H groups in total. The third-order valence-corrected chi connectivity index (χ3v) is 5.49. The van der Waals surface area contributed by atoms with E-state index in [1.54, 1.807) is 30.7 Å². The Balaban J connectivity index is 1.83. The number of nitrogens with zero attached hydrogens (tertiary/aromatic N) is 3. The Bertz CT molecular complexity index is 1180. The number of hydrogen-bond acceptors (Lipinski definition) is 6. The van der Waals surface area contributed by atoms with E-state index >= 15 is 0 Å². The predicted octanol–water partition coefficient (Wildman–Crippen LogP) is 4.36. The van der Waals surface area contributed by atoms with Crippen molar-refractivity contribution in [1.29, 1.82) is 5.26 Å². The van der Waals surface area contributed by atoms with Crippen LogP contribution in [0, 0.1) is 14.9 Å². The van der Waals surface area contributed by atoms with Gasteiger partial charge in [0.1, 0.15) is 23.1 Å². The number of halogens is 1. The molecule has 0 saturated carbocycles. The third kappa shape index (κ3) is 3.67. The van der Waals surface area contributed by atoms with Gasteiger partial charge in [-0.05, 0) is 52.4 Å². The van der Waals surface area contributed by atoms with Crippen LogP contribution in [0.4, 0.5) is 5.69 Å². The summed E-state index contributed by atoms with van der Waals surface area (Å²) in [5, 5.41) is 20.1. The number of rotatable bonds is 3. The summed E-state index contributed by atoms with van der Waals surface area (Å²) in [6.45, 7) is 0. The second-order valence-corrected chi connectivity index (χ2v) is 7.53. The summed E-state index contributed by atoms with van der Waals surface area (Å²) in [4.78, 5) is 8.65. The lowest BCUT2D eigenvalue weighted by molar-refractivity contribution is 0.388. The number of aromatic nitrogens is 1. The monoisotopic (exact) mass is 494 g/mol. The van der Waals surface area contributed by atoms with Crippen LogP contribution in [0.1, 0.15) is 22.6 Å². The zero-order chi connectivity index (χ0) is 20.4. The normalized spacial score (nSPS) is 15.7. The lowest BCUT2D eigenvalue weighted by Crippen LogP contribution is -2.21. The molecule has 0 saturated heterocycles. The zero-order valence-electron chi connectivity index (χ0n) is 15.1. The van der Waals surface area contributed by atoms with Gasteiger partial charge in [-0.1, -0.05) is 18.2 Å². The fourth-order valence-corrected chi connectivity index (χ4v) is 3.73. The highest BCUT2D eigenvalue weighted by Gasteiger charge is 2.31. The SMILES string of the molecule is N#CC1=C(N)Oc2cc(O)c(C=Nc3ccccc3I)cc2C1c1cccnc1. The van der Waals surface area contributed by atoms with Crippen LogP contribution in [0.25, 0.3) is 0 Å². The van der Waals surface area contributed by atoms with E-state index in [1.165, 1.54) is 6.07 Å². The van der Waals surface area contributed by atoms with Crippen LogP contribution in [-0.4, -0.2) is 16.3 Å². The van der Waals surface area contributed by atoms with Crippen LogP contribution >= 0.6 is 22.6 Å². The van der Waals surface area contributed by atoms with E-state index in [-0.39, 0.29) is 11.6 Å². The van der Waals surface area contributed by atoms with E-state index in [4.69, 9.17) is 10.5 Å². The topological polar surface area (TPSA) is 105 Å². The van der Waals surface area contributed by atoms with Crippen molar-refractivity contribution in [3.63, 3.8) is 0 Å². The summed E-state index contributed by atoms with van der Waals surface area (Å²) in [5.41, 5.74) is 9.11. The first-order valence-corrected chi connectivity index (χ1v) is 9.79. The molecular formula is C22H15IN4O2. The van der Waals surface area contributed by atoms with Gasteiger partial charge < -0.3 is 15.6 Å². The highest BCUT2D eigenvalue weighted by molar-refractivity contribution is 14.1. The van der Waals surface area contributed by atoms with Crippen LogP contribution in [0.3, 0.4) is 0 Å². The Morgan fingerprint density at radius 2 is 2.07 bits per heavy atom. The van der Waals surface area contributed by atoms with Gasteiger partial charge in [0, 0.05) is 39.4 Å². The van der Waals surface area contributed by atoms with E-state index in [0.29, 0.717) is 22.4 Å². The van der Waals surface area contributed by atoms with E-state index < -0.39 is 5.92 Å². The molecule has 7 heteroatoms. The van der Waals surface area contributed by atoms with E-state index in [1.807, 2.05) is 30.3 Å². The number of aromatic hydroxyl groups is 1. The summed E-state index contributed by atoms with van der Waals surface area (Å²) in [7, 11) is 0. The number of phenolic OH excluding ortho intramolecular Hbond substituents is 1. The highest BCUT2D eigenvalue weighted by atomic mass is 127. The van der Waals surface area contributed by atoms with Crippen molar-refractivity contribution in [2.24, 2.45) is 10.7 Å². The molecule has 0 bridgehead atoms. The molecule has 0 radical (unpaired) electrons. The molecule has 0 spiro atoms. The fraction of sp³-hybridized carbons (Fsp3) is 0.0455. The first kappa shape index (κ1) is 19.0. The standard InChI is InChI=1S/C22H15IN4O2/c23-17-5-1-2-6-18(17)27-12-14-8-15-20(9-19(14)28)29-22(25)16(10-24)21(15)13-4-3-7-26-11-13/h1-9,11-12,21,28H,25H2. The van der Waals surface area contributed by atoms with Gasteiger partial charge in [0.25, 0.3) is 0 Å². The van der Waals surface area contributed by atoms with Crippen molar-refractivity contribution < 1.29 is 9.84 Å². The number of allylic oxidation sites excluding steroid dienone is 1. The summed E-state index contributed by atoms with van der Waals surface area (Å²) < 4.78 is 6.61. The van der Waals surface area contributed by atoms with Crippen molar-refractivity contribution >= 4 is 34.5 Å². The van der Waals surface area contributed by atoms with Gasteiger partial charge in [-0.2, -0.15) is 5.26 Å². The Hall–Kier alpha value is -3.38. The summed E-state index contributed by atoms with van der Waals surface area (Å²) >= 11 is 2.21. The Morgan fingerprint density at radius 1 is 1.24 bits per heavy atom. The molecule has 2 heterocycles. The van der Waals surface area contributed by atoms with Crippen LogP contribution in [0.5, 0.6) is 11.5 Å². The average molecular weight is 494 g/mol. The van der Waals surface area contributed by atoms with Crippen LogP contribution in [0.15, 0.2) is 77.4 Å². The minimum atomic E-state index is -0.443.